The molecule has 1 aromatic carbocycles. The highest BCUT2D eigenvalue weighted by Gasteiger charge is 2.71. The Morgan fingerprint density at radius 2 is 2.15 bits per heavy atom. The predicted molar refractivity (Wildman–Crippen MR) is 125 cm³/mol. The summed E-state index contributed by atoms with van der Waals surface area (Å²) in [5.74, 6) is -0.735. The van der Waals surface area contributed by atoms with E-state index in [1.165, 1.54) is 17.3 Å². The summed E-state index contributed by atoms with van der Waals surface area (Å²) in [7, 11) is 0. The number of rotatable bonds is 7. The minimum absolute atomic E-state index is 0.00803. The number of nitrogen functional groups attached to an aromatic ring is 1. The van der Waals surface area contributed by atoms with Crippen molar-refractivity contribution in [2.75, 3.05) is 18.1 Å². The summed E-state index contributed by atoms with van der Waals surface area (Å²) >= 11 is 1.27. The molecule has 4 rings (SSSR count). The van der Waals surface area contributed by atoms with Crippen molar-refractivity contribution < 1.29 is 28.9 Å². The first-order chi connectivity index (χ1) is 15.6. The van der Waals surface area contributed by atoms with Gasteiger partial charge in [-0.05, 0) is 58.2 Å². The lowest BCUT2D eigenvalue weighted by Crippen LogP contribution is -2.55. The van der Waals surface area contributed by atoms with Crippen molar-refractivity contribution >= 4 is 29.4 Å². The van der Waals surface area contributed by atoms with Crippen LogP contribution in [-0.2, 0) is 19.0 Å². The summed E-state index contributed by atoms with van der Waals surface area (Å²) in [6.45, 7) is 6.64. The molecule has 1 saturated carbocycles. The van der Waals surface area contributed by atoms with Crippen LogP contribution >= 0.6 is 11.8 Å². The largest absolute Gasteiger partial charge is 0.443 e. The molecule has 2 amide bonds. The number of epoxide rings is 2. The van der Waals surface area contributed by atoms with Gasteiger partial charge in [0.1, 0.15) is 17.3 Å². The van der Waals surface area contributed by atoms with E-state index < -0.39 is 35.4 Å². The number of imide groups is 1. The number of allylic oxidation sites excluding steroid dienone is 1. The van der Waals surface area contributed by atoms with Gasteiger partial charge >= 0.3 is 6.09 Å². The number of hydrogen-bond donors (Lipinski definition) is 3. The maximum Gasteiger partial charge on any atom is 0.414 e. The van der Waals surface area contributed by atoms with E-state index in [1.807, 2.05) is 26.8 Å². The van der Waals surface area contributed by atoms with E-state index in [0.717, 1.165) is 11.3 Å². The van der Waals surface area contributed by atoms with E-state index in [0.29, 0.717) is 25.1 Å². The summed E-state index contributed by atoms with van der Waals surface area (Å²) in [6, 6.07) is 7.16. The molecule has 9 heteroatoms. The van der Waals surface area contributed by atoms with Crippen molar-refractivity contribution in [1.29, 1.82) is 0 Å². The molecule has 2 aliphatic heterocycles. The van der Waals surface area contributed by atoms with Crippen molar-refractivity contribution in [2.24, 2.45) is 5.92 Å². The molecular weight excluding hydrogens is 444 g/mol. The maximum atomic E-state index is 12.4. The van der Waals surface area contributed by atoms with Crippen molar-refractivity contribution in [3.63, 3.8) is 0 Å². The molecule has 33 heavy (non-hydrogen) atoms. The van der Waals surface area contributed by atoms with Gasteiger partial charge in [0.25, 0.3) is 0 Å². The third-order valence-corrected chi connectivity index (χ3v) is 7.71. The zero-order valence-corrected chi connectivity index (χ0v) is 20.0. The van der Waals surface area contributed by atoms with Crippen LogP contribution in [0.2, 0.25) is 0 Å². The number of carbonyl (C=O) groups is 2. The quantitative estimate of drug-likeness (QED) is 0.237. The fourth-order valence-electron chi connectivity index (χ4n) is 4.89. The van der Waals surface area contributed by atoms with E-state index in [2.05, 4.69) is 11.4 Å². The first-order valence-corrected chi connectivity index (χ1v) is 12.2. The Bertz CT molecular complexity index is 945. The van der Waals surface area contributed by atoms with Gasteiger partial charge in [0.05, 0.1) is 30.5 Å². The standard InChI is InChI=1S/C24H32N2O6S/c1-14(2)7-8-18-23(3,32-18)21-20(28)17(9-10-24(21)13-30-24)31-22(29)26-19(27)12-33-16-6-4-5-15(25)11-16/h4-7,11,17-18,20-21,28H,8-10,12-13,25H2,1-3H3,(H,26,27,29)/t17-,18-,20-,21-,23?,24+/m1/s1. The second kappa shape index (κ2) is 9.29. The third-order valence-electron chi connectivity index (χ3n) is 6.72. The van der Waals surface area contributed by atoms with E-state index in [4.69, 9.17) is 19.9 Å². The van der Waals surface area contributed by atoms with Gasteiger partial charge in [0.2, 0.25) is 5.91 Å². The van der Waals surface area contributed by atoms with Crippen LogP contribution in [0.3, 0.4) is 0 Å². The minimum Gasteiger partial charge on any atom is -0.443 e. The monoisotopic (exact) mass is 476 g/mol. The van der Waals surface area contributed by atoms with Gasteiger partial charge in [-0.2, -0.15) is 0 Å². The van der Waals surface area contributed by atoms with Crippen LogP contribution in [0.1, 0.15) is 40.0 Å². The van der Waals surface area contributed by atoms with Gasteiger partial charge in [-0.1, -0.05) is 17.7 Å². The van der Waals surface area contributed by atoms with Gasteiger partial charge in [0.15, 0.2) is 0 Å². The molecule has 0 radical (unpaired) electrons. The van der Waals surface area contributed by atoms with Crippen LogP contribution in [0.25, 0.3) is 0 Å². The summed E-state index contributed by atoms with van der Waals surface area (Å²) in [5.41, 5.74) is 6.60. The molecule has 1 unspecified atom stereocenters. The average Bonchev–Trinajstić information content (AvgIpc) is 3.65. The summed E-state index contributed by atoms with van der Waals surface area (Å²) < 4.78 is 17.3. The number of nitrogens with one attached hydrogen (secondary N) is 1. The molecule has 180 valence electrons. The Balaban J connectivity index is 1.31. The number of hydrogen-bond acceptors (Lipinski definition) is 8. The van der Waals surface area contributed by atoms with E-state index >= 15 is 0 Å². The molecule has 4 N–H and O–H groups in total. The number of aliphatic hydroxyl groups excluding tert-OH is 1. The number of amides is 2. The Labute approximate surface area is 198 Å². The SMILES string of the molecule is CC(C)=CC[C@H]1OC1(C)[C@H]1[C@H](O)[C@H](OC(=O)NC(=O)CSc2cccc(N)c2)CC[C@]12CO2. The highest BCUT2D eigenvalue weighted by Crippen LogP contribution is 2.59. The summed E-state index contributed by atoms with van der Waals surface area (Å²) in [6.07, 6.45) is 1.49. The topological polar surface area (TPSA) is 127 Å². The molecule has 1 aliphatic carbocycles. The van der Waals surface area contributed by atoms with Crippen molar-refractivity contribution in [2.45, 2.75) is 74.4 Å². The first-order valence-electron chi connectivity index (χ1n) is 11.2. The number of nitrogens with two attached hydrogens (primary N) is 1. The van der Waals surface area contributed by atoms with Crippen LogP contribution in [-0.4, -0.2) is 59.0 Å². The normalized spacial score (nSPS) is 34.4. The number of carbonyl (C=O) groups excluding carboxylic acids is 2. The first kappa shape index (κ1) is 24.1. The summed E-state index contributed by atoms with van der Waals surface area (Å²) in [5, 5.41) is 13.4. The maximum absolute atomic E-state index is 12.4. The van der Waals surface area contributed by atoms with Crippen LogP contribution in [0, 0.1) is 5.92 Å². The zero-order chi connectivity index (χ0) is 23.8. The van der Waals surface area contributed by atoms with Gasteiger partial charge < -0.3 is 25.1 Å². The van der Waals surface area contributed by atoms with Crippen molar-refractivity contribution in [3.05, 3.63) is 35.9 Å². The van der Waals surface area contributed by atoms with Crippen LogP contribution in [0.5, 0.6) is 0 Å². The second-order valence-electron chi connectivity index (χ2n) is 9.52. The molecule has 3 fully saturated rings. The fraction of sp³-hybridized carbons (Fsp3) is 0.583. The number of thioether (sulfide) groups is 1. The van der Waals surface area contributed by atoms with Gasteiger partial charge in [-0.25, -0.2) is 4.79 Å². The number of benzene rings is 1. The Hall–Kier alpha value is -2.07. The lowest BCUT2D eigenvalue weighted by atomic mass is 9.68. The van der Waals surface area contributed by atoms with Crippen LogP contribution < -0.4 is 11.1 Å². The highest BCUT2D eigenvalue weighted by atomic mass is 32.2. The number of ether oxygens (including phenoxy) is 3. The van der Waals surface area contributed by atoms with E-state index in [1.54, 1.807) is 18.2 Å². The zero-order valence-electron chi connectivity index (χ0n) is 19.2. The van der Waals surface area contributed by atoms with Gasteiger partial charge in [-0.15, -0.1) is 11.8 Å². The third kappa shape index (κ3) is 5.37. The number of aliphatic hydroxyl groups is 1. The predicted octanol–water partition coefficient (Wildman–Crippen LogP) is 3.04. The Morgan fingerprint density at radius 1 is 1.39 bits per heavy atom. The molecule has 1 spiro atoms. The average molecular weight is 477 g/mol. The minimum atomic E-state index is -0.939. The van der Waals surface area contributed by atoms with E-state index in [-0.39, 0.29) is 17.8 Å². The van der Waals surface area contributed by atoms with Crippen molar-refractivity contribution in [1.82, 2.24) is 5.32 Å². The fourth-order valence-corrected chi connectivity index (χ4v) is 5.65. The lowest BCUT2D eigenvalue weighted by molar-refractivity contribution is -0.120. The second-order valence-corrected chi connectivity index (χ2v) is 10.6. The molecule has 0 aromatic heterocycles. The lowest BCUT2D eigenvalue weighted by Gasteiger charge is -2.40. The molecule has 8 nitrogen and oxygen atoms in total. The van der Waals surface area contributed by atoms with Crippen LogP contribution in [0.4, 0.5) is 10.5 Å². The number of alkyl carbamates (subject to hydrolysis) is 1. The molecular formula is C24H32N2O6S. The van der Waals surface area contributed by atoms with E-state index in [9.17, 15) is 14.7 Å². The molecule has 2 heterocycles. The Morgan fingerprint density at radius 3 is 2.82 bits per heavy atom. The molecule has 2 saturated heterocycles. The molecule has 0 bridgehead atoms. The molecule has 6 atom stereocenters. The molecule has 1 aromatic rings. The van der Waals surface area contributed by atoms with Gasteiger partial charge in [-0.3, -0.25) is 10.1 Å². The molecule has 3 aliphatic rings. The Kier molecular flexibility index (Phi) is 6.77. The van der Waals surface area contributed by atoms with Gasteiger partial charge in [0, 0.05) is 10.6 Å². The van der Waals surface area contributed by atoms with Crippen LogP contribution in [0.15, 0.2) is 40.8 Å². The highest BCUT2D eigenvalue weighted by molar-refractivity contribution is 8.00. The smallest absolute Gasteiger partial charge is 0.414 e. The summed E-state index contributed by atoms with van der Waals surface area (Å²) in [4.78, 5) is 25.4. The number of anilines is 1. The van der Waals surface area contributed by atoms with Crippen molar-refractivity contribution in [3.8, 4) is 0 Å².